The first-order valence-corrected chi connectivity index (χ1v) is 7.43. The van der Waals surface area contributed by atoms with Gasteiger partial charge < -0.3 is 14.8 Å². The number of ether oxygens (including phenoxy) is 2. The zero-order valence-electron chi connectivity index (χ0n) is 13.0. The highest BCUT2D eigenvalue weighted by atomic mass is 16.6. The number of hydrogen-bond acceptors (Lipinski definition) is 5. The Morgan fingerprint density at radius 3 is 2.74 bits per heavy atom. The quantitative estimate of drug-likeness (QED) is 0.793. The molecule has 0 spiro atoms. The summed E-state index contributed by atoms with van der Waals surface area (Å²) in [4.78, 5) is 37.0. The Bertz CT molecular complexity index is 561. The van der Waals surface area contributed by atoms with Crippen molar-refractivity contribution in [2.75, 3.05) is 20.3 Å². The largest absolute Gasteiger partial charge is 0.444 e. The predicted octanol–water partition coefficient (Wildman–Crippen LogP) is 1.08. The molecular weight excluding hydrogens is 300 g/mol. The van der Waals surface area contributed by atoms with Crippen LogP contribution in [0.5, 0.6) is 0 Å². The van der Waals surface area contributed by atoms with Crippen LogP contribution in [0.15, 0.2) is 30.3 Å². The van der Waals surface area contributed by atoms with Crippen LogP contribution in [0, 0.1) is 0 Å². The third kappa shape index (κ3) is 4.53. The van der Waals surface area contributed by atoms with E-state index in [0.717, 1.165) is 10.5 Å². The van der Waals surface area contributed by atoms with Gasteiger partial charge in [0, 0.05) is 20.1 Å². The van der Waals surface area contributed by atoms with Crippen molar-refractivity contribution in [2.45, 2.75) is 25.5 Å². The van der Waals surface area contributed by atoms with Crippen LogP contribution in [0.25, 0.3) is 0 Å². The molecule has 3 amide bonds. The van der Waals surface area contributed by atoms with Crippen molar-refractivity contribution in [3.8, 4) is 0 Å². The van der Waals surface area contributed by atoms with Gasteiger partial charge in [-0.05, 0) is 12.0 Å². The van der Waals surface area contributed by atoms with Gasteiger partial charge in [-0.25, -0.2) is 9.69 Å². The fraction of sp³-hybridized carbons (Fsp3) is 0.438. The number of nitrogens with one attached hydrogen (secondary N) is 1. The first-order valence-electron chi connectivity index (χ1n) is 7.43. The molecule has 7 nitrogen and oxygen atoms in total. The van der Waals surface area contributed by atoms with Crippen LogP contribution in [-0.2, 0) is 25.7 Å². The van der Waals surface area contributed by atoms with Gasteiger partial charge in [-0.2, -0.15) is 0 Å². The Labute approximate surface area is 134 Å². The summed E-state index contributed by atoms with van der Waals surface area (Å²) >= 11 is 0. The molecule has 23 heavy (non-hydrogen) atoms. The number of imide groups is 1. The molecule has 124 valence electrons. The third-order valence-electron chi connectivity index (χ3n) is 3.52. The van der Waals surface area contributed by atoms with Crippen LogP contribution in [0.2, 0.25) is 0 Å². The summed E-state index contributed by atoms with van der Waals surface area (Å²) < 4.78 is 10.0. The van der Waals surface area contributed by atoms with E-state index >= 15 is 0 Å². The zero-order valence-corrected chi connectivity index (χ0v) is 13.0. The average Bonchev–Trinajstić information content (AvgIpc) is 2.95. The maximum absolute atomic E-state index is 12.2. The van der Waals surface area contributed by atoms with Crippen molar-refractivity contribution in [2.24, 2.45) is 0 Å². The van der Waals surface area contributed by atoms with Gasteiger partial charge in [0.05, 0.1) is 6.61 Å². The summed E-state index contributed by atoms with van der Waals surface area (Å²) in [6.07, 6.45) is -0.329. The van der Waals surface area contributed by atoms with E-state index in [1.165, 1.54) is 7.11 Å². The lowest BCUT2D eigenvalue weighted by Crippen LogP contribution is -2.48. The molecule has 1 heterocycles. The van der Waals surface area contributed by atoms with Crippen LogP contribution in [0.1, 0.15) is 18.4 Å². The first kappa shape index (κ1) is 17.0. The molecule has 1 aliphatic heterocycles. The number of carbonyl (C=O) groups is 3. The van der Waals surface area contributed by atoms with E-state index in [2.05, 4.69) is 5.32 Å². The maximum atomic E-state index is 12.2. The topological polar surface area (TPSA) is 84.9 Å². The fourth-order valence-corrected chi connectivity index (χ4v) is 2.34. The van der Waals surface area contributed by atoms with E-state index in [4.69, 9.17) is 9.47 Å². The number of methoxy groups -OCH3 is 1. The summed E-state index contributed by atoms with van der Waals surface area (Å²) in [5.74, 6) is -0.764. The van der Waals surface area contributed by atoms with Crippen LogP contribution >= 0.6 is 0 Å². The van der Waals surface area contributed by atoms with Crippen LogP contribution < -0.4 is 5.32 Å². The summed E-state index contributed by atoms with van der Waals surface area (Å²) in [5, 5.41) is 2.64. The van der Waals surface area contributed by atoms with E-state index in [1.807, 2.05) is 30.3 Å². The summed E-state index contributed by atoms with van der Waals surface area (Å²) in [5.41, 5.74) is 0.814. The van der Waals surface area contributed by atoms with E-state index in [0.29, 0.717) is 19.6 Å². The molecule has 1 aromatic carbocycles. The molecule has 7 heteroatoms. The van der Waals surface area contributed by atoms with Gasteiger partial charge in [0.2, 0.25) is 11.8 Å². The van der Waals surface area contributed by atoms with Crippen molar-refractivity contribution in [3.05, 3.63) is 35.9 Å². The van der Waals surface area contributed by atoms with Crippen molar-refractivity contribution in [1.82, 2.24) is 10.2 Å². The average molecular weight is 320 g/mol. The van der Waals surface area contributed by atoms with Crippen molar-refractivity contribution in [3.63, 3.8) is 0 Å². The molecule has 1 saturated heterocycles. The standard InChI is InChI=1S/C16H20N2O5/c1-22-10-9-17-15(20)13-7-8-14(19)18(13)16(21)23-11-12-5-3-2-4-6-12/h2-6,13H,7-11H2,1H3,(H,17,20)/t13-/m1/s1. The molecule has 2 rings (SSSR count). The molecule has 1 atom stereocenters. The summed E-state index contributed by atoms with van der Waals surface area (Å²) in [6, 6.07) is 8.33. The Morgan fingerprint density at radius 1 is 1.30 bits per heavy atom. The minimum absolute atomic E-state index is 0.0570. The molecule has 1 N–H and O–H groups in total. The normalized spacial score (nSPS) is 17.2. The van der Waals surface area contributed by atoms with Gasteiger partial charge in [-0.1, -0.05) is 30.3 Å². The zero-order chi connectivity index (χ0) is 16.7. The minimum atomic E-state index is -0.817. The van der Waals surface area contributed by atoms with Crippen molar-refractivity contribution >= 4 is 17.9 Å². The van der Waals surface area contributed by atoms with Crippen LogP contribution in [-0.4, -0.2) is 49.1 Å². The summed E-state index contributed by atoms with van der Waals surface area (Å²) in [6.45, 7) is 0.749. The number of amides is 3. The van der Waals surface area contributed by atoms with E-state index in [-0.39, 0.29) is 18.9 Å². The molecular formula is C16H20N2O5. The number of carbonyl (C=O) groups excluding carboxylic acids is 3. The van der Waals surface area contributed by atoms with Crippen LogP contribution in [0.3, 0.4) is 0 Å². The highest BCUT2D eigenvalue weighted by molar-refractivity contribution is 6.00. The van der Waals surface area contributed by atoms with Gasteiger partial charge in [0.1, 0.15) is 12.6 Å². The second-order valence-corrected chi connectivity index (χ2v) is 5.14. The lowest BCUT2D eigenvalue weighted by atomic mass is 10.2. The number of likely N-dealkylation sites (tertiary alicyclic amines) is 1. The molecule has 0 aliphatic carbocycles. The van der Waals surface area contributed by atoms with Gasteiger partial charge in [-0.15, -0.1) is 0 Å². The van der Waals surface area contributed by atoms with Gasteiger partial charge in [-0.3, -0.25) is 9.59 Å². The first-order chi connectivity index (χ1) is 11.1. The summed E-state index contributed by atoms with van der Waals surface area (Å²) in [7, 11) is 1.53. The third-order valence-corrected chi connectivity index (χ3v) is 3.52. The lowest BCUT2D eigenvalue weighted by Gasteiger charge is -2.21. The molecule has 0 unspecified atom stereocenters. The Kier molecular flexibility index (Phi) is 6.10. The number of hydrogen-bond donors (Lipinski definition) is 1. The van der Waals surface area contributed by atoms with Crippen LogP contribution in [0.4, 0.5) is 4.79 Å². The van der Waals surface area contributed by atoms with E-state index in [1.54, 1.807) is 0 Å². The highest BCUT2D eigenvalue weighted by Crippen LogP contribution is 2.20. The SMILES string of the molecule is COCCNC(=O)[C@H]1CCC(=O)N1C(=O)OCc1ccccc1. The number of nitrogens with zero attached hydrogens (tertiary/aromatic N) is 1. The Balaban J connectivity index is 1.93. The number of rotatable bonds is 6. The van der Waals surface area contributed by atoms with Gasteiger partial charge in [0.15, 0.2) is 0 Å². The van der Waals surface area contributed by atoms with E-state index in [9.17, 15) is 14.4 Å². The van der Waals surface area contributed by atoms with Crippen molar-refractivity contribution < 1.29 is 23.9 Å². The van der Waals surface area contributed by atoms with E-state index < -0.39 is 18.0 Å². The van der Waals surface area contributed by atoms with Crippen molar-refractivity contribution in [1.29, 1.82) is 0 Å². The molecule has 1 aromatic rings. The minimum Gasteiger partial charge on any atom is -0.444 e. The molecule has 0 aromatic heterocycles. The Morgan fingerprint density at radius 2 is 2.04 bits per heavy atom. The second kappa shape index (κ2) is 8.28. The lowest BCUT2D eigenvalue weighted by molar-refractivity contribution is -0.133. The van der Waals surface area contributed by atoms with Gasteiger partial charge in [0.25, 0.3) is 0 Å². The molecule has 1 fully saturated rings. The number of benzene rings is 1. The van der Waals surface area contributed by atoms with Gasteiger partial charge >= 0.3 is 6.09 Å². The smallest absolute Gasteiger partial charge is 0.417 e. The molecule has 0 radical (unpaired) electrons. The Hall–Kier alpha value is -2.41. The second-order valence-electron chi connectivity index (χ2n) is 5.14. The fourth-order valence-electron chi connectivity index (χ4n) is 2.34. The maximum Gasteiger partial charge on any atom is 0.417 e. The molecule has 0 saturated carbocycles. The molecule has 1 aliphatic rings. The highest BCUT2D eigenvalue weighted by Gasteiger charge is 2.41. The predicted molar refractivity (Wildman–Crippen MR) is 81.4 cm³/mol. The monoisotopic (exact) mass is 320 g/mol. The molecule has 0 bridgehead atoms.